The van der Waals surface area contributed by atoms with E-state index in [1.54, 1.807) is 0 Å². The van der Waals surface area contributed by atoms with Crippen LogP contribution in [0, 0.1) is 11.8 Å². The third kappa shape index (κ3) is 4.58. The molecule has 1 aliphatic heterocycles. The number of hydrogen-bond acceptors (Lipinski definition) is 3. The molecule has 2 rings (SSSR count). The minimum atomic E-state index is 0.240. The lowest BCUT2D eigenvalue weighted by atomic mass is 9.98. The van der Waals surface area contributed by atoms with Gasteiger partial charge in [0.25, 0.3) is 0 Å². The van der Waals surface area contributed by atoms with Gasteiger partial charge in [0.2, 0.25) is 5.91 Å². The van der Waals surface area contributed by atoms with Crippen molar-refractivity contribution in [2.45, 2.75) is 25.7 Å². The van der Waals surface area contributed by atoms with Crippen molar-refractivity contribution in [3.8, 4) is 0 Å². The van der Waals surface area contributed by atoms with Gasteiger partial charge in [-0.25, -0.2) is 0 Å². The molecule has 0 aromatic carbocycles. The standard InChI is InChI=1S/C14H27N3O/c1-16-7-3-4-13(10-16)11-17(2)14(18)9-15-8-12-5-6-12/h12-13,15H,3-11H2,1-2H3. The summed E-state index contributed by atoms with van der Waals surface area (Å²) in [5.41, 5.74) is 0. The molecule has 1 heterocycles. The first-order chi connectivity index (χ1) is 8.65. The highest BCUT2D eigenvalue weighted by molar-refractivity contribution is 5.77. The Hall–Kier alpha value is -0.610. The quantitative estimate of drug-likeness (QED) is 0.760. The number of likely N-dealkylation sites (N-methyl/N-ethyl adjacent to an activating group) is 1. The monoisotopic (exact) mass is 253 g/mol. The molecule has 1 unspecified atom stereocenters. The highest BCUT2D eigenvalue weighted by atomic mass is 16.2. The van der Waals surface area contributed by atoms with Crippen molar-refractivity contribution >= 4 is 5.91 Å². The van der Waals surface area contributed by atoms with Gasteiger partial charge in [-0.2, -0.15) is 0 Å². The van der Waals surface area contributed by atoms with Crippen LogP contribution in [0.25, 0.3) is 0 Å². The molecule has 1 amide bonds. The fraction of sp³-hybridized carbons (Fsp3) is 0.929. The lowest BCUT2D eigenvalue weighted by Gasteiger charge is -2.32. The summed E-state index contributed by atoms with van der Waals surface area (Å²) in [5.74, 6) is 1.74. The van der Waals surface area contributed by atoms with Crippen molar-refractivity contribution in [1.29, 1.82) is 0 Å². The Kier molecular flexibility index (Phi) is 5.01. The van der Waals surface area contributed by atoms with E-state index in [9.17, 15) is 4.79 Å². The molecule has 0 radical (unpaired) electrons. The van der Waals surface area contributed by atoms with Crippen LogP contribution in [-0.4, -0.2) is 62.5 Å². The topological polar surface area (TPSA) is 35.6 Å². The number of piperidine rings is 1. The highest BCUT2D eigenvalue weighted by Gasteiger charge is 2.22. The zero-order chi connectivity index (χ0) is 13.0. The van der Waals surface area contributed by atoms with E-state index in [4.69, 9.17) is 0 Å². The molecular weight excluding hydrogens is 226 g/mol. The predicted octanol–water partition coefficient (Wildman–Crippen LogP) is 0.786. The van der Waals surface area contributed by atoms with E-state index in [0.717, 1.165) is 25.6 Å². The molecule has 1 aliphatic carbocycles. The number of amides is 1. The highest BCUT2D eigenvalue weighted by Crippen LogP contribution is 2.27. The molecule has 4 heteroatoms. The van der Waals surface area contributed by atoms with Crippen molar-refractivity contribution in [1.82, 2.24) is 15.1 Å². The normalized spacial score (nSPS) is 25.1. The Morgan fingerprint density at radius 3 is 2.78 bits per heavy atom. The summed E-state index contributed by atoms with van der Waals surface area (Å²) in [6, 6.07) is 0. The van der Waals surface area contributed by atoms with Crippen molar-refractivity contribution in [2.24, 2.45) is 11.8 Å². The summed E-state index contributed by atoms with van der Waals surface area (Å²) in [6.45, 7) is 4.78. The van der Waals surface area contributed by atoms with Gasteiger partial charge in [-0.1, -0.05) is 0 Å². The maximum absolute atomic E-state index is 11.9. The smallest absolute Gasteiger partial charge is 0.236 e. The van der Waals surface area contributed by atoms with Crippen LogP contribution in [0.2, 0.25) is 0 Å². The molecule has 0 spiro atoms. The first kappa shape index (κ1) is 13.8. The largest absolute Gasteiger partial charge is 0.344 e. The predicted molar refractivity (Wildman–Crippen MR) is 73.5 cm³/mol. The number of hydrogen-bond donors (Lipinski definition) is 1. The Morgan fingerprint density at radius 1 is 1.33 bits per heavy atom. The van der Waals surface area contributed by atoms with Gasteiger partial charge >= 0.3 is 0 Å². The third-order valence-corrected chi connectivity index (χ3v) is 4.09. The second-order valence-electron chi connectivity index (χ2n) is 6.12. The molecular formula is C14H27N3O. The summed E-state index contributed by atoms with van der Waals surface area (Å²) in [4.78, 5) is 16.2. The van der Waals surface area contributed by atoms with E-state index in [2.05, 4.69) is 17.3 Å². The van der Waals surface area contributed by atoms with Crippen LogP contribution in [-0.2, 0) is 4.79 Å². The molecule has 1 N–H and O–H groups in total. The van der Waals surface area contributed by atoms with E-state index >= 15 is 0 Å². The molecule has 2 fully saturated rings. The minimum absolute atomic E-state index is 0.240. The molecule has 0 aromatic rings. The van der Waals surface area contributed by atoms with Gasteiger partial charge in [0.05, 0.1) is 6.54 Å². The van der Waals surface area contributed by atoms with Crippen molar-refractivity contribution < 1.29 is 4.79 Å². The summed E-state index contributed by atoms with van der Waals surface area (Å²) < 4.78 is 0. The fourth-order valence-corrected chi connectivity index (χ4v) is 2.75. The average Bonchev–Trinajstić information content (AvgIpc) is 3.13. The van der Waals surface area contributed by atoms with E-state index in [1.807, 2.05) is 11.9 Å². The second kappa shape index (κ2) is 6.53. The van der Waals surface area contributed by atoms with Gasteiger partial charge in [0.15, 0.2) is 0 Å². The number of nitrogens with one attached hydrogen (secondary N) is 1. The van der Waals surface area contributed by atoms with Crippen molar-refractivity contribution in [3.05, 3.63) is 0 Å². The minimum Gasteiger partial charge on any atom is -0.344 e. The number of nitrogens with zero attached hydrogens (tertiary/aromatic N) is 2. The lowest BCUT2D eigenvalue weighted by molar-refractivity contribution is -0.129. The van der Waals surface area contributed by atoms with Crippen molar-refractivity contribution in [3.63, 3.8) is 0 Å². The molecule has 18 heavy (non-hydrogen) atoms. The van der Waals surface area contributed by atoms with Gasteiger partial charge in [-0.3, -0.25) is 4.79 Å². The molecule has 0 aromatic heterocycles. The number of likely N-dealkylation sites (tertiary alicyclic amines) is 1. The van der Waals surface area contributed by atoms with Gasteiger partial charge < -0.3 is 15.1 Å². The molecule has 1 saturated carbocycles. The zero-order valence-corrected chi connectivity index (χ0v) is 11.8. The maximum atomic E-state index is 11.9. The van der Waals surface area contributed by atoms with Crippen LogP contribution in [0.1, 0.15) is 25.7 Å². The van der Waals surface area contributed by atoms with Crippen LogP contribution in [0.15, 0.2) is 0 Å². The summed E-state index contributed by atoms with van der Waals surface area (Å²) in [6.07, 6.45) is 5.21. The first-order valence-electron chi connectivity index (χ1n) is 7.28. The van der Waals surface area contributed by atoms with Crippen LogP contribution in [0.4, 0.5) is 0 Å². The van der Waals surface area contributed by atoms with Crippen LogP contribution >= 0.6 is 0 Å². The Bertz CT molecular complexity index is 278. The van der Waals surface area contributed by atoms with Crippen LogP contribution in [0.3, 0.4) is 0 Å². The number of carbonyl (C=O) groups is 1. The molecule has 104 valence electrons. The number of carbonyl (C=O) groups excluding carboxylic acids is 1. The summed E-state index contributed by atoms with van der Waals surface area (Å²) >= 11 is 0. The Morgan fingerprint density at radius 2 is 2.11 bits per heavy atom. The Balaban J connectivity index is 1.62. The van der Waals surface area contributed by atoms with Crippen LogP contribution < -0.4 is 5.32 Å². The van der Waals surface area contributed by atoms with E-state index in [-0.39, 0.29) is 5.91 Å². The summed E-state index contributed by atoms with van der Waals surface area (Å²) in [7, 11) is 4.11. The Labute approximate surface area is 111 Å². The lowest BCUT2D eigenvalue weighted by Crippen LogP contribution is -2.42. The maximum Gasteiger partial charge on any atom is 0.236 e. The average molecular weight is 253 g/mol. The van der Waals surface area contributed by atoms with Gasteiger partial charge in [0, 0.05) is 20.1 Å². The van der Waals surface area contributed by atoms with Gasteiger partial charge in [-0.15, -0.1) is 0 Å². The zero-order valence-electron chi connectivity index (χ0n) is 11.8. The summed E-state index contributed by atoms with van der Waals surface area (Å²) in [5, 5.41) is 3.27. The second-order valence-corrected chi connectivity index (χ2v) is 6.12. The van der Waals surface area contributed by atoms with E-state index in [1.165, 1.54) is 32.2 Å². The SMILES string of the molecule is CN1CCCC(CN(C)C(=O)CNCC2CC2)C1. The van der Waals surface area contributed by atoms with Crippen molar-refractivity contribution in [2.75, 3.05) is 46.8 Å². The van der Waals surface area contributed by atoms with E-state index in [0.29, 0.717) is 12.5 Å². The van der Waals surface area contributed by atoms with Crippen LogP contribution in [0.5, 0.6) is 0 Å². The molecule has 1 saturated heterocycles. The van der Waals surface area contributed by atoms with Gasteiger partial charge in [0.1, 0.15) is 0 Å². The van der Waals surface area contributed by atoms with Gasteiger partial charge in [-0.05, 0) is 57.7 Å². The third-order valence-electron chi connectivity index (χ3n) is 4.09. The van der Waals surface area contributed by atoms with E-state index < -0.39 is 0 Å². The fourth-order valence-electron chi connectivity index (χ4n) is 2.75. The number of rotatable bonds is 6. The molecule has 2 aliphatic rings. The molecule has 4 nitrogen and oxygen atoms in total. The first-order valence-corrected chi connectivity index (χ1v) is 7.28. The molecule has 0 bridgehead atoms. The molecule has 1 atom stereocenters.